The van der Waals surface area contributed by atoms with Crippen LogP contribution in [0.1, 0.15) is 42.3 Å². The first-order valence-electron chi connectivity index (χ1n) is 9.06. The summed E-state index contributed by atoms with van der Waals surface area (Å²) in [6, 6.07) is 13.5. The molecule has 0 radical (unpaired) electrons. The van der Waals surface area contributed by atoms with E-state index in [4.69, 9.17) is 0 Å². The fourth-order valence-corrected chi connectivity index (χ4v) is 2.89. The first-order chi connectivity index (χ1) is 13.1. The number of nitrogens with one attached hydrogen (secondary N) is 2. The monoisotopic (exact) mass is 361 g/mol. The van der Waals surface area contributed by atoms with Gasteiger partial charge in [-0.3, -0.25) is 4.79 Å². The van der Waals surface area contributed by atoms with Crippen molar-refractivity contribution in [1.29, 1.82) is 0 Å². The highest BCUT2D eigenvalue weighted by Crippen LogP contribution is 2.26. The zero-order valence-electron chi connectivity index (χ0n) is 15.8. The summed E-state index contributed by atoms with van der Waals surface area (Å²) in [4.78, 5) is 16.1. The first kappa shape index (κ1) is 18.5. The van der Waals surface area contributed by atoms with E-state index in [1.54, 1.807) is 18.3 Å². The molecule has 0 atom stereocenters. The second kappa shape index (κ2) is 8.40. The Morgan fingerprint density at radius 2 is 1.70 bits per heavy atom. The summed E-state index contributed by atoms with van der Waals surface area (Å²) < 4.78 is 0. The molecule has 0 unspecified atom stereocenters. The average Bonchev–Trinajstić information content (AvgIpc) is 2.68. The molecule has 3 aromatic rings. The number of para-hydroxylation sites is 1. The number of ketones is 1. The third kappa shape index (κ3) is 4.47. The Morgan fingerprint density at radius 1 is 1.00 bits per heavy atom. The molecule has 27 heavy (non-hydrogen) atoms. The van der Waals surface area contributed by atoms with E-state index in [2.05, 4.69) is 57.9 Å². The number of aromatic nitrogens is 3. The molecule has 6 nitrogen and oxygen atoms in total. The molecule has 2 aromatic carbocycles. The third-order valence-corrected chi connectivity index (χ3v) is 4.34. The Hall–Kier alpha value is -3.28. The van der Waals surface area contributed by atoms with Crippen molar-refractivity contribution in [3.05, 3.63) is 65.4 Å². The first-order valence-corrected chi connectivity index (χ1v) is 9.06. The molecule has 0 bridgehead atoms. The van der Waals surface area contributed by atoms with Crippen LogP contribution in [-0.2, 0) is 12.8 Å². The second-order valence-corrected chi connectivity index (χ2v) is 6.21. The van der Waals surface area contributed by atoms with E-state index in [0.29, 0.717) is 17.3 Å². The lowest BCUT2D eigenvalue weighted by Gasteiger charge is -2.15. The van der Waals surface area contributed by atoms with Crippen molar-refractivity contribution >= 4 is 28.9 Å². The van der Waals surface area contributed by atoms with Crippen LogP contribution in [-0.4, -0.2) is 21.0 Å². The summed E-state index contributed by atoms with van der Waals surface area (Å²) in [5, 5.41) is 14.6. The van der Waals surface area contributed by atoms with Crippen LogP contribution in [0.5, 0.6) is 0 Å². The van der Waals surface area contributed by atoms with Gasteiger partial charge >= 0.3 is 0 Å². The Bertz CT molecular complexity index is 933. The largest absolute Gasteiger partial charge is 0.338 e. The van der Waals surface area contributed by atoms with E-state index >= 15 is 0 Å². The number of rotatable bonds is 7. The maximum atomic E-state index is 11.5. The van der Waals surface area contributed by atoms with E-state index in [9.17, 15) is 4.79 Å². The predicted octanol–water partition coefficient (Wildman–Crippen LogP) is 4.69. The zero-order valence-corrected chi connectivity index (χ0v) is 15.8. The van der Waals surface area contributed by atoms with Gasteiger partial charge in [-0.1, -0.05) is 44.2 Å². The standard InChI is InChI=1S/C21H23N5O/c1-4-15-8-6-9-16(5-2)20(15)24-19-13-22-26-21(25-19)23-18-11-7-10-17(12-18)14(3)27/h6-13H,4-5H2,1-3H3,(H2,23,24,25,26). The summed E-state index contributed by atoms with van der Waals surface area (Å²) in [6.07, 6.45) is 3.46. The molecule has 0 aliphatic rings. The number of anilines is 4. The van der Waals surface area contributed by atoms with Crippen LogP contribution < -0.4 is 10.6 Å². The molecule has 0 aliphatic carbocycles. The Kier molecular flexibility index (Phi) is 5.76. The number of aryl methyl sites for hydroxylation is 2. The Labute approximate surface area is 159 Å². The molecule has 2 N–H and O–H groups in total. The highest BCUT2D eigenvalue weighted by Gasteiger charge is 2.09. The summed E-state index contributed by atoms with van der Waals surface area (Å²) in [7, 11) is 0. The van der Waals surface area contributed by atoms with Gasteiger partial charge in [0.15, 0.2) is 11.6 Å². The fourth-order valence-electron chi connectivity index (χ4n) is 2.89. The number of benzene rings is 2. The minimum absolute atomic E-state index is 0.0105. The molecule has 6 heteroatoms. The molecular weight excluding hydrogens is 338 g/mol. The van der Waals surface area contributed by atoms with Crippen LogP contribution in [0.2, 0.25) is 0 Å². The van der Waals surface area contributed by atoms with Gasteiger partial charge in [0.2, 0.25) is 5.95 Å². The Balaban J connectivity index is 1.85. The quantitative estimate of drug-likeness (QED) is 0.595. The minimum atomic E-state index is 0.0105. The van der Waals surface area contributed by atoms with Gasteiger partial charge in [0.05, 0.1) is 6.20 Å². The number of carbonyl (C=O) groups excluding carboxylic acids is 1. The lowest BCUT2D eigenvalue weighted by atomic mass is 10.0. The fraction of sp³-hybridized carbons (Fsp3) is 0.238. The highest BCUT2D eigenvalue weighted by atomic mass is 16.1. The SMILES string of the molecule is CCc1cccc(CC)c1Nc1cnnc(Nc2cccc(C(C)=O)c2)n1. The molecule has 0 amide bonds. The normalized spacial score (nSPS) is 10.5. The van der Waals surface area contributed by atoms with Crippen LogP contribution in [0.3, 0.4) is 0 Å². The lowest BCUT2D eigenvalue weighted by molar-refractivity contribution is 0.101. The summed E-state index contributed by atoms with van der Waals surface area (Å²) in [5.74, 6) is 0.995. The molecule has 0 spiro atoms. The van der Waals surface area contributed by atoms with Crippen LogP contribution in [0.15, 0.2) is 48.7 Å². The minimum Gasteiger partial charge on any atom is -0.338 e. The molecule has 0 aliphatic heterocycles. The number of hydrogen-bond donors (Lipinski definition) is 2. The van der Waals surface area contributed by atoms with Crippen molar-refractivity contribution in [2.45, 2.75) is 33.6 Å². The van der Waals surface area contributed by atoms with Crippen LogP contribution in [0.4, 0.5) is 23.1 Å². The topological polar surface area (TPSA) is 79.8 Å². The van der Waals surface area contributed by atoms with Gasteiger partial charge in [0, 0.05) is 16.9 Å². The van der Waals surface area contributed by atoms with E-state index in [1.807, 2.05) is 12.1 Å². The van der Waals surface area contributed by atoms with Crippen LogP contribution in [0, 0.1) is 0 Å². The van der Waals surface area contributed by atoms with Gasteiger partial charge in [-0.15, -0.1) is 5.10 Å². The van der Waals surface area contributed by atoms with Crippen molar-refractivity contribution in [3.8, 4) is 0 Å². The summed E-state index contributed by atoms with van der Waals surface area (Å²) in [6.45, 7) is 5.80. The van der Waals surface area contributed by atoms with Gasteiger partial charge in [-0.2, -0.15) is 10.1 Å². The van der Waals surface area contributed by atoms with Crippen LogP contribution in [0.25, 0.3) is 0 Å². The lowest BCUT2D eigenvalue weighted by Crippen LogP contribution is -2.05. The highest BCUT2D eigenvalue weighted by molar-refractivity contribution is 5.95. The number of carbonyl (C=O) groups is 1. The second-order valence-electron chi connectivity index (χ2n) is 6.21. The molecule has 1 heterocycles. The van der Waals surface area contributed by atoms with Gasteiger partial charge in [0.1, 0.15) is 0 Å². The molecule has 3 rings (SSSR count). The van der Waals surface area contributed by atoms with Gasteiger partial charge in [-0.25, -0.2) is 0 Å². The molecule has 0 fully saturated rings. The van der Waals surface area contributed by atoms with Crippen LogP contribution >= 0.6 is 0 Å². The predicted molar refractivity (Wildman–Crippen MR) is 108 cm³/mol. The van der Waals surface area contributed by atoms with E-state index in [1.165, 1.54) is 18.1 Å². The van der Waals surface area contributed by atoms with Crippen molar-refractivity contribution < 1.29 is 4.79 Å². The maximum absolute atomic E-state index is 11.5. The zero-order chi connectivity index (χ0) is 19.2. The molecule has 1 aromatic heterocycles. The van der Waals surface area contributed by atoms with Gasteiger partial charge in [0.25, 0.3) is 0 Å². The van der Waals surface area contributed by atoms with E-state index in [0.717, 1.165) is 24.2 Å². The number of Topliss-reactive ketones (excluding diaryl/α,β-unsaturated/α-hetero) is 1. The average molecular weight is 361 g/mol. The van der Waals surface area contributed by atoms with Crippen molar-refractivity contribution in [2.24, 2.45) is 0 Å². The van der Waals surface area contributed by atoms with Crippen molar-refractivity contribution in [3.63, 3.8) is 0 Å². The molecule has 0 saturated carbocycles. The molecular formula is C21H23N5O. The van der Waals surface area contributed by atoms with E-state index in [-0.39, 0.29) is 5.78 Å². The summed E-state index contributed by atoms with van der Waals surface area (Å²) in [5.41, 5.74) is 4.91. The number of nitrogens with zero attached hydrogens (tertiary/aromatic N) is 3. The van der Waals surface area contributed by atoms with Crippen molar-refractivity contribution in [1.82, 2.24) is 15.2 Å². The van der Waals surface area contributed by atoms with E-state index < -0.39 is 0 Å². The smallest absolute Gasteiger partial charge is 0.249 e. The van der Waals surface area contributed by atoms with Gasteiger partial charge < -0.3 is 10.6 Å². The van der Waals surface area contributed by atoms with Gasteiger partial charge in [-0.05, 0) is 43.0 Å². The third-order valence-electron chi connectivity index (χ3n) is 4.34. The number of hydrogen-bond acceptors (Lipinski definition) is 6. The molecule has 0 saturated heterocycles. The maximum Gasteiger partial charge on any atom is 0.249 e. The summed E-state index contributed by atoms with van der Waals surface area (Å²) >= 11 is 0. The Morgan fingerprint density at radius 3 is 2.37 bits per heavy atom. The molecule has 138 valence electrons. The van der Waals surface area contributed by atoms with Crippen molar-refractivity contribution in [2.75, 3.05) is 10.6 Å².